The number of fused-ring (bicyclic) bond motifs is 1. The van der Waals surface area contributed by atoms with Crippen LogP contribution in [-0.2, 0) is 12.6 Å². The van der Waals surface area contributed by atoms with Gasteiger partial charge in [0, 0.05) is 47.8 Å². The summed E-state index contributed by atoms with van der Waals surface area (Å²) in [6.07, 6.45) is 6.06. The predicted octanol–water partition coefficient (Wildman–Crippen LogP) is 7.39. The highest BCUT2D eigenvalue weighted by Gasteiger charge is 2.32. The first-order valence-electron chi connectivity index (χ1n) is 12.8. The molecule has 1 aliphatic heterocycles. The van der Waals surface area contributed by atoms with Crippen LogP contribution in [0, 0.1) is 12.8 Å². The van der Waals surface area contributed by atoms with Crippen molar-refractivity contribution in [1.29, 1.82) is 0 Å². The Hall–Kier alpha value is -2.54. The van der Waals surface area contributed by atoms with Crippen LogP contribution < -0.4 is 10.1 Å². The Kier molecular flexibility index (Phi) is 8.05. The highest BCUT2D eigenvalue weighted by molar-refractivity contribution is 5.75. The predicted molar refractivity (Wildman–Crippen MR) is 135 cm³/mol. The van der Waals surface area contributed by atoms with Crippen molar-refractivity contribution in [3.8, 4) is 5.75 Å². The number of nitrogens with one attached hydrogen (secondary N) is 1. The Labute approximate surface area is 206 Å². The van der Waals surface area contributed by atoms with Gasteiger partial charge in [-0.25, -0.2) is 0 Å². The minimum atomic E-state index is -4.46. The van der Waals surface area contributed by atoms with E-state index in [4.69, 9.17) is 4.74 Å². The van der Waals surface area contributed by atoms with Gasteiger partial charge < -0.3 is 10.1 Å². The Morgan fingerprint density at radius 3 is 2.80 bits per heavy atom. The fraction of sp³-hybridized carbons (Fsp3) is 0.536. The first kappa shape index (κ1) is 25.5. The van der Waals surface area contributed by atoms with Crippen LogP contribution in [0.4, 0.5) is 24.5 Å². The lowest BCUT2D eigenvalue weighted by Gasteiger charge is -2.24. The second kappa shape index (κ2) is 11.0. The zero-order valence-electron chi connectivity index (χ0n) is 20.9. The second-order valence-corrected chi connectivity index (χ2v) is 9.96. The van der Waals surface area contributed by atoms with Crippen LogP contribution in [0.5, 0.6) is 5.75 Å². The van der Waals surface area contributed by atoms with Crippen LogP contribution in [0.15, 0.2) is 30.3 Å². The number of likely N-dealkylation sites (tertiary alicyclic amines) is 1. The van der Waals surface area contributed by atoms with E-state index in [1.165, 1.54) is 25.7 Å². The van der Waals surface area contributed by atoms with Crippen molar-refractivity contribution in [2.45, 2.75) is 71.5 Å². The normalized spacial score (nSPS) is 20.2. The standard InChI is InChI=1S/C28H36F3N3O/c1-4-5-8-23-13-19(2)18-34(23)11-12-35-24-16-21(28(29,30)31)15-22(17-24)33-27-14-20(3)32-26-10-7-6-9-25(26)27/h6,9,14-17,19,23H,4-5,7-8,10-13,18H2,1-3H3,(H,32,33). The quantitative estimate of drug-likeness (QED) is 0.400. The van der Waals surface area contributed by atoms with E-state index in [2.05, 4.69) is 35.1 Å². The summed E-state index contributed by atoms with van der Waals surface area (Å²) in [7, 11) is 0. The van der Waals surface area contributed by atoms with Gasteiger partial charge in [0.25, 0.3) is 0 Å². The van der Waals surface area contributed by atoms with E-state index >= 15 is 0 Å². The van der Waals surface area contributed by atoms with Gasteiger partial charge in [0.05, 0.1) is 11.3 Å². The molecule has 4 rings (SSSR count). The van der Waals surface area contributed by atoms with E-state index in [-0.39, 0.29) is 5.75 Å². The molecule has 0 radical (unpaired) electrons. The van der Waals surface area contributed by atoms with E-state index in [1.807, 2.05) is 19.1 Å². The fourth-order valence-corrected chi connectivity index (χ4v) is 5.25. The van der Waals surface area contributed by atoms with Gasteiger partial charge in [-0.05, 0) is 56.7 Å². The van der Waals surface area contributed by atoms with Crippen LogP contribution in [0.25, 0.3) is 6.08 Å². The number of hydrogen-bond donors (Lipinski definition) is 1. The lowest BCUT2D eigenvalue weighted by molar-refractivity contribution is -0.137. The molecule has 1 aromatic carbocycles. The largest absolute Gasteiger partial charge is 0.492 e. The molecule has 1 aromatic heterocycles. The molecule has 0 amide bonds. The number of anilines is 2. The van der Waals surface area contributed by atoms with Crippen molar-refractivity contribution in [3.63, 3.8) is 0 Å². The van der Waals surface area contributed by atoms with Crippen LogP contribution in [0.1, 0.15) is 68.5 Å². The third-order valence-corrected chi connectivity index (χ3v) is 6.89. The van der Waals surface area contributed by atoms with E-state index in [0.717, 1.165) is 60.7 Å². The molecule has 2 aliphatic rings. The maximum atomic E-state index is 13.7. The van der Waals surface area contributed by atoms with Crippen molar-refractivity contribution >= 4 is 17.5 Å². The van der Waals surface area contributed by atoms with Crippen molar-refractivity contribution < 1.29 is 17.9 Å². The molecule has 1 N–H and O–H groups in total. The molecule has 0 spiro atoms. The molecule has 190 valence electrons. The maximum Gasteiger partial charge on any atom is 0.416 e. The number of rotatable bonds is 9. The van der Waals surface area contributed by atoms with Gasteiger partial charge in [-0.3, -0.25) is 9.88 Å². The SMILES string of the molecule is CCCCC1CC(C)CN1CCOc1cc(Nc2cc(C)nc3c2C=CCC3)cc(C(F)(F)F)c1. The highest BCUT2D eigenvalue weighted by atomic mass is 19.4. The lowest BCUT2D eigenvalue weighted by Crippen LogP contribution is -2.33. The summed E-state index contributed by atoms with van der Waals surface area (Å²) in [4.78, 5) is 7.03. The average molecular weight is 488 g/mol. The number of nitrogens with zero attached hydrogens (tertiary/aromatic N) is 2. The van der Waals surface area contributed by atoms with Crippen molar-refractivity contribution in [1.82, 2.24) is 9.88 Å². The van der Waals surface area contributed by atoms with Crippen LogP contribution in [-0.4, -0.2) is 35.6 Å². The van der Waals surface area contributed by atoms with E-state index in [1.54, 1.807) is 6.07 Å². The Balaban J connectivity index is 1.50. The summed E-state index contributed by atoms with van der Waals surface area (Å²) < 4.78 is 47.0. The fourth-order valence-electron chi connectivity index (χ4n) is 5.25. The van der Waals surface area contributed by atoms with E-state index < -0.39 is 11.7 Å². The molecule has 2 heterocycles. The van der Waals surface area contributed by atoms with Gasteiger partial charge >= 0.3 is 6.18 Å². The summed E-state index contributed by atoms with van der Waals surface area (Å²) in [5.74, 6) is 0.875. The zero-order valence-corrected chi connectivity index (χ0v) is 20.9. The molecule has 35 heavy (non-hydrogen) atoms. The van der Waals surface area contributed by atoms with Gasteiger partial charge in [-0.1, -0.05) is 38.8 Å². The lowest BCUT2D eigenvalue weighted by atomic mass is 10.0. The molecule has 2 atom stereocenters. The molecule has 7 heteroatoms. The number of pyridine rings is 1. The average Bonchev–Trinajstić information content (AvgIpc) is 3.16. The minimum absolute atomic E-state index is 0.231. The number of halogens is 3. The number of alkyl halides is 3. The van der Waals surface area contributed by atoms with Gasteiger partial charge in [-0.15, -0.1) is 0 Å². The van der Waals surface area contributed by atoms with E-state index in [9.17, 15) is 13.2 Å². The number of ether oxygens (including phenoxy) is 1. The monoisotopic (exact) mass is 487 g/mol. The van der Waals surface area contributed by atoms with Gasteiger partial charge in [-0.2, -0.15) is 13.2 Å². The summed E-state index contributed by atoms with van der Waals surface area (Å²) in [5, 5.41) is 3.21. The molecule has 1 aliphatic carbocycles. The second-order valence-electron chi connectivity index (χ2n) is 9.96. The molecular weight excluding hydrogens is 451 g/mol. The smallest absolute Gasteiger partial charge is 0.416 e. The minimum Gasteiger partial charge on any atom is -0.492 e. The van der Waals surface area contributed by atoms with Crippen LogP contribution in [0.2, 0.25) is 0 Å². The van der Waals surface area contributed by atoms with Gasteiger partial charge in [0.2, 0.25) is 0 Å². The zero-order chi connectivity index (χ0) is 25.0. The Bertz CT molecular complexity index is 1050. The third-order valence-electron chi connectivity index (χ3n) is 6.89. The third kappa shape index (κ3) is 6.57. The molecule has 4 nitrogen and oxygen atoms in total. The number of benzene rings is 1. The number of unbranched alkanes of at least 4 members (excludes halogenated alkanes) is 1. The molecule has 0 saturated carbocycles. The number of hydrogen-bond acceptors (Lipinski definition) is 4. The summed E-state index contributed by atoms with van der Waals surface area (Å²) in [6.45, 7) is 8.47. The number of aromatic nitrogens is 1. The molecule has 0 bridgehead atoms. The molecule has 1 saturated heterocycles. The summed E-state index contributed by atoms with van der Waals surface area (Å²) in [5.41, 5.74) is 3.14. The van der Waals surface area contributed by atoms with Gasteiger partial charge in [0.15, 0.2) is 0 Å². The Morgan fingerprint density at radius 2 is 2.03 bits per heavy atom. The Morgan fingerprint density at radius 1 is 1.20 bits per heavy atom. The topological polar surface area (TPSA) is 37.4 Å². The first-order valence-corrected chi connectivity index (χ1v) is 12.8. The number of aryl methyl sites for hydroxylation is 2. The summed E-state index contributed by atoms with van der Waals surface area (Å²) in [6, 6.07) is 6.32. The maximum absolute atomic E-state index is 13.7. The number of allylic oxidation sites excluding steroid dienone is 1. The van der Waals surface area contributed by atoms with Crippen molar-refractivity contribution in [2.24, 2.45) is 5.92 Å². The van der Waals surface area contributed by atoms with Crippen LogP contribution >= 0.6 is 0 Å². The van der Waals surface area contributed by atoms with E-state index in [0.29, 0.717) is 24.3 Å². The highest BCUT2D eigenvalue weighted by Crippen LogP contribution is 2.36. The van der Waals surface area contributed by atoms with Crippen molar-refractivity contribution in [2.75, 3.05) is 25.0 Å². The molecule has 2 aromatic rings. The van der Waals surface area contributed by atoms with Crippen molar-refractivity contribution in [3.05, 3.63) is 52.9 Å². The van der Waals surface area contributed by atoms with Crippen LogP contribution in [0.3, 0.4) is 0 Å². The van der Waals surface area contributed by atoms with Gasteiger partial charge in [0.1, 0.15) is 12.4 Å². The molecule has 2 unspecified atom stereocenters. The molecular formula is C28H36F3N3O. The summed E-state index contributed by atoms with van der Waals surface area (Å²) >= 11 is 0. The first-order chi connectivity index (χ1) is 16.7. The molecule has 1 fully saturated rings.